The second-order valence-corrected chi connectivity index (χ2v) is 2.47. The van der Waals surface area contributed by atoms with Crippen LogP contribution in [-0.2, 0) is 19.1 Å². The fourth-order valence-electron chi connectivity index (χ4n) is 0.862. The maximum Gasteiger partial charge on any atom is 0.305 e. The van der Waals surface area contributed by atoms with Crippen molar-refractivity contribution in [3.63, 3.8) is 0 Å². The quantitative estimate of drug-likeness (QED) is 0.339. The number of methoxy groups -OCH3 is 1. The summed E-state index contributed by atoms with van der Waals surface area (Å²) in [6, 6.07) is 0. The molecule has 0 aliphatic carbocycles. The lowest BCUT2D eigenvalue weighted by molar-refractivity contribution is -0.140. The molecular weight excluding hydrogens is 172 g/mol. The Bertz CT molecular complexity index is 176. The van der Waals surface area contributed by atoms with Gasteiger partial charge in [-0.25, -0.2) is 0 Å². The van der Waals surface area contributed by atoms with Crippen LogP contribution in [0.1, 0.15) is 19.3 Å². The van der Waals surface area contributed by atoms with Crippen LogP contribution in [0.15, 0.2) is 12.7 Å². The fraction of sp³-hybridized carbons (Fsp3) is 0.556. The number of rotatable bonds is 7. The van der Waals surface area contributed by atoms with Crippen molar-refractivity contribution in [2.24, 2.45) is 0 Å². The molecule has 0 saturated heterocycles. The molecule has 74 valence electrons. The summed E-state index contributed by atoms with van der Waals surface area (Å²) >= 11 is 0. The minimum Gasteiger partial charge on any atom is -0.469 e. The Morgan fingerprint density at radius 1 is 1.62 bits per heavy atom. The van der Waals surface area contributed by atoms with E-state index in [9.17, 15) is 9.59 Å². The van der Waals surface area contributed by atoms with Gasteiger partial charge in [-0.15, -0.1) is 0 Å². The molecule has 0 amide bonds. The zero-order chi connectivity index (χ0) is 10.1. The molecule has 0 fully saturated rings. The number of ether oxygens (including phenoxy) is 2. The molecule has 0 aromatic heterocycles. The van der Waals surface area contributed by atoms with Gasteiger partial charge in [-0.1, -0.05) is 12.7 Å². The van der Waals surface area contributed by atoms with E-state index in [2.05, 4.69) is 16.1 Å². The lowest BCUT2D eigenvalue weighted by atomic mass is 10.1. The summed E-state index contributed by atoms with van der Waals surface area (Å²) in [5, 5.41) is 0. The maximum absolute atomic E-state index is 10.7. The fourth-order valence-corrected chi connectivity index (χ4v) is 0.862. The molecule has 0 N–H and O–H groups in total. The van der Waals surface area contributed by atoms with Crippen LogP contribution in [0.2, 0.25) is 0 Å². The van der Waals surface area contributed by atoms with Crippen molar-refractivity contribution in [1.29, 1.82) is 0 Å². The van der Waals surface area contributed by atoms with E-state index < -0.39 is 0 Å². The van der Waals surface area contributed by atoms with Crippen LogP contribution in [0.4, 0.5) is 0 Å². The van der Waals surface area contributed by atoms with Crippen LogP contribution in [0, 0.1) is 0 Å². The van der Waals surface area contributed by atoms with Gasteiger partial charge in [-0.2, -0.15) is 0 Å². The van der Waals surface area contributed by atoms with Crippen molar-refractivity contribution in [1.82, 2.24) is 0 Å². The van der Waals surface area contributed by atoms with Gasteiger partial charge in [0.05, 0.1) is 7.11 Å². The Balaban J connectivity index is 3.54. The second kappa shape index (κ2) is 7.34. The molecule has 13 heavy (non-hydrogen) atoms. The molecule has 0 aliphatic rings. The molecule has 0 aromatic rings. The minimum atomic E-state index is -0.304. The molecule has 0 spiro atoms. The molecule has 4 heteroatoms. The van der Waals surface area contributed by atoms with Gasteiger partial charge in [0.2, 0.25) is 0 Å². The Labute approximate surface area is 77.5 Å². The Hall–Kier alpha value is -1.32. The van der Waals surface area contributed by atoms with E-state index in [1.165, 1.54) is 13.2 Å². The summed E-state index contributed by atoms with van der Waals surface area (Å²) in [5.74, 6) is -0.256. The van der Waals surface area contributed by atoms with Crippen molar-refractivity contribution in [3.05, 3.63) is 12.7 Å². The standard InChI is InChI=1S/C9H14O4/c1-3-8(13-7-10)5-4-6-9(11)12-2/h3,7-8H,1,4-6H2,2H3/t8-/m0/s1. The van der Waals surface area contributed by atoms with Crippen molar-refractivity contribution < 1.29 is 19.1 Å². The third-order valence-corrected chi connectivity index (χ3v) is 1.59. The molecule has 0 heterocycles. The highest BCUT2D eigenvalue weighted by Crippen LogP contribution is 2.05. The summed E-state index contributed by atoms with van der Waals surface area (Å²) in [6.07, 6.45) is 2.78. The van der Waals surface area contributed by atoms with E-state index in [4.69, 9.17) is 0 Å². The Kier molecular flexibility index (Phi) is 6.59. The molecule has 0 bridgehead atoms. The first kappa shape index (κ1) is 11.7. The maximum atomic E-state index is 10.7. The molecule has 0 aliphatic heterocycles. The summed E-state index contributed by atoms with van der Waals surface area (Å²) in [5.41, 5.74) is 0. The van der Waals surface area contributed by atoms with Crippen LogP contribution in [0.5, 0.6) is 0 Å². The van der Waals surface area contributed by atoms with E-state index >= 15 is 0 Å². The van der Waals surface area contributed by atoms with E-state index in [1.54, 1.807) is 0 Å². The number of hydrogen-bond donors (Lipinski definition) is 0. The molecule has 0 rings (SSSR count). The van der Waals surface area contributed by atoms with Gasteiger partial charge < -0.3 is 9.47 Å². The first-order valence-corrected chi connectivity index (χ1v) is 4.03. The molecule has 0 radical (unpaired) electrons. The first-order valence-electron chi connectivity index (χ1n) is 4.03. The number of carbonyl (C=O) groups excluding carboxylic acids is 2. The highest BCUT2D eigenvalue weighted by molar-refractivity contribution is 5.68. The summed E-state index contributed by atoms with van der Waals surface area (Å²) in [4.78, 5) is 20.6. The van der Waals surface area contributed by atoms with E-state index in [0.717, 1.165) is 0 Å². The third-order valence-electron chi connectivity index (χ3n) is 1.59. The highest BCUT2D eigenvalue weighted by atomic mass is 16.5. The average Bonchev–Trinajstić information content (AvgIpc) is 2.16. The topological polar surface area (TPSA) is 52.6 Å². The van der Waals surface area contributed by atoms with E-state index in [1.807, 2.05) is 0 Å². The van der Waals surface area contributed by atoms with Gasteiger partial charge in [0, 0.05) is 6.42 Å². The third kappa shape index (κ3) is 5.90. The predicted octanol–water partition coefficient (Wildman–Crippen LogP) is 1.06. The van der Waals surface area contributed by atoms with Crippen molar-refractivity contribution in [2.75, 3.05) is 7.11 Å². The van der Waals surface area contributed by atoms with Gasteiger partial charge in [-0.3, -0.25) is 9.59 Å². The number of hydrogen-bond acceptors (Lipinski definition) is 4. The highest BCUT2D eigenvalue weighted by Gasteiger charge is 2.06. The Morgan fingerprint density at radius 2 is 2.31 bits per heavy atom. The van der Waals surface area contributed by atoms with Crippen molar-refractivity contribution >= 4 is 12.4 Å². The van der Waals surface area contributed by atoms with Gasteiger partial charge in [0.25, 0.3) is 6.47 Å². The largest absolute Gasteiger partial charge is 0.469 e. The van der Waals surface area contributed by atoms with Crippen molar-refractivity contribution in [2.45, 2.75) is 25.4 Å². The van der Waals surface area contributed by atoms with Gasteiger partial charge in [0.15, 0.2) is 0 Å². The van der Waals surface area contributed by atoms with Gasteiger partial charge in [-0.05, 0) is 12.8 Å². The van der Waals surface area contributed by atoms with Crippen LogP contribution in [-0.4, -0.2) is 25.7 Å². The Morgan fingerprint density at radius 3 is 2.77 bits per heavy atom. The predicted molar refractivity (Wildman–Crippen MR) is 47.0 cm³/mol. The average molecular weight is 186 g/mol. The smallest absolute Gasteiger partial charge is 0.305 e. The molecule has 0 aromatic carbocycles. The van der Waals surface area contributed by atoms with Crippen LogP contribution < -0.4 is 0 Å². The van der Waals surface area contributed by atoms with Crippen LogP contribution in [0.3, 0.4) is 0 Å². The monoisotopic (exact) mass is 186 g/mol. The normalized spacial score (nSPS) is 11.5. The van der Waals surface area contributed by atoms with Crippen molar-refractivity contribution in [3.8, 4) is 0 Å². The number of esters is 1. The lowest BCUT2D eigenvalue weighted by Crippen LogP contribution is -2.09. The molecule has 4 nitrogen and oxygen atoms in total. The zero-order valence-corrected chi connectivity index (χ0v) is 7.69. The van der Waals surface area contributed by atoms with Gasteiger partial charge in [0.1, 0.15) is 6.10 Å². The summed E-state index contributed by atoms with van der Waals surface area (Å²) < 4.78 is 9.11. The SMILES string of the molecule is C=C[C@@H](CCCC(=O)OC)OC=O. The van der Waals surface area contributed by atoms with E-state index in [0.29, 0.717) is 25.7 Å². The lowest BCUT2D eigenvalue weighted by Gasteiger charge is -2.08. The minimum absolute atomic E-state index is 0.256. The van der Waals surface area contributed by atoms with Gasteiger partial charge >= 0.3 is 5.97 Å². The van der Waals surface area contributed by atoms with Crippen LogP contribution >= 0.6 is 0 Å². The molecule has 0 saturated carbocycles. The first-order chi connectivity index (χ1) is 6.24. The number of carbonyl (C=O) groups is 2. The summed E-state index contributed by atoms with van der Waals surface area (Å²) in [6.45, 7) is 3.88. The van der Waals surface area contributed by atoms with Crippen LogP contribution in [0.25, 0.3) is 0 Å². The molecule has 1 atom stereocenters. The second-order valence-electron chi connectivity index (χ2n) is 2.47. The zero-order valence-electron chi connectivity index (χ0n) is 7.69. The molecular formula is C9H14O4. The summed E-state index contributed by atoms with van der Waals surface area (Å²) in [7, 11) is 1.34. The molecule has 0 unspecified atom stereocenters. The van der Waals surface area contributed by atoms with E-state index in [-0.39, 0.29) is 12.1 Å².